The number of aliphatic hydroxyl groups is 1. The average Bonchev–Trinajstić information content (AvgIpc) is 2.71. The molecule has 0 radical (unpaired) electrons. The van der Waals surface area contributed by atoms with E-state index in [2.05, 4.69) is 0 Å². The Balaban J connectivity index is 2.26. The molecule has 1 saturated heterocycles. The molecule has 5 heteroatoms. The van der Waals surface area contributed by atoms with E-state index in [-0.39, 0.29) is 12.5 Å². The number of β-amino-alcohol motifs (C(OH)–C–C–N with tert-alkyl or cyclic N) is 1. The zero-order valence-corrected chi connectivity index (χ0v) is 9.80. The molecule has 2 rings (SSSR count). The Morgan fingerprint density at radius 3 is 3.00 bits per heavy atom. The van der Waals surface area contributed by atoms with Crippen LogP contribution in [0, 0.1) is 0 Å². The van der Waals surface area contributed by atoms with Gasteiger partial charge in [0.25, 0.3) is 0 Å². The van der Waals surface area contributed by atoms with Gasteiger partial charge in [0.1, 0.15) is 5.75 Å². The normalized spacial score (nSPS) is 16.6. The van der Waals surface area contributed by atoms with Crippen LogP contribution >= 0.6 is 0 Å². The minimum Gasteiger partial charge on any atom is -0.497 e. The van der Waals surface area contributed by atoms with Gasteiger partial charge in [-0.15, -0.1) is 0 Å². The van der Waals surface area contributed by atoms with Gasteiger partial charge in [-0.25, -0.2) is 10.0 Å². The lowest BCUT2D eigenvalue weighted by molar-refractivity contribution is -0.118. The molecule has 0 saturated carbocycles. The molecule has 1 aromatic carbocycles. The summed E-state index contributed by atoms with van der Waals surface area (Å²) < 4.78 is 5.14. The summed E-state index contributed by atoms with van der Waals surface area (Å²) in [6.45, 7) is 1.15. The molecule has 1 N–H and O–H groups in total. The number of aliphatic hydroxyl groups excluding tert-OH is 1. The minimum absolute atomic E-state index is 0.0355. The summed E-state index contributed by atoms with van der Waals surface area (Å²) in [6.07, 6.45) is 0.483. The zero-order chi connectivity index (χ0) is 12.3. The van der Waals surface area contributed by atoms with Crippen molar-refractivity contribution in [3.63, 3.8) is 0 Å². The standard InChI is InChI=1S/C12H16N2O3/c1-17-11-4-2-3-10(9-11)14-12(16)5-6-13(14)7-8-15/h2-4,9,15H,5-8H2,1H3. The molecule has 5 nitrogen and oxygen atoms in total. The van der Waals surface area contributed by atoms with E-state index in [0.717, 1.165) is 5.69 Å². The Kier molecular flexibility index (Phi) is 3.61. The molecule has 1 amide bonds. The van der Waals surface area contributed by atoms with Crippen molar-refractivity contribution in [3.05, 3.63) is 24.3 Å². The smallest absolute Gasteiger partial charge is 0.242 e. The van der Waals surface area contributed by atoms with Crippen LogP contribution in [0.1, 0.15) is 6.42 Å². The molecule has 1 aromatic rings. The third kappa shape index (κ3) is 2.40. The van der Waals surface area contributed by atoms with E-state index in [1.54, 1.807) is 12.1 Å². The third-order valence-electron chi connectivity index (χ3n) is 2.76. The first-order valence-corrected chi connectivity index (χ1v) is 5.59. The van der Waals surface area contributed by atoms with Gasteiger partial charge in [0.2, 0.25) is 5.91 Å². The van der Waals surface area contributed by atoms with Gasteiger partial charge in [-0.1, -0.05) is 6.07 Å². The summed E-state index contributed by atoms with van der Waals surface area (Å²) in [7, 11) is 1.59. The molecular weight excluding hydrogens is 220 g/mol. The summed E-state index contributed by atoms with van der Waals surface area (Å²) in [4.78, 5) is 11.8. The number of ether oxygens (including phenoxy) is 1. The second kappa shape index (κ2) is 5.16. The van der Waals surface area contributed by atoms with E-state index in [9.17, 15) is 4.79 Å². The lowest BCUT2D eigenvalue weighted by Gasteiger charge is -2.27. The SMILES string of the molecule is COc1cccc(N2C(=O)CCN2CCO)c1. The number of nitrogens with zero attached hydrogens (tertiary/aromatic N) is 2. The van der Waals surface area contributed by atoms with E-state index in [1.807, 2.05) is 29.3 Å². The van der Waals surface area contributed by atoms with E-state index in [1.165, 1.54) is 0 Å². The zero-order valence-electron chi connectivity index (χ0n) is 9.80. The number of carbonyl (C=O) groups is 1. The van der Waals surface area contributed by atoms with Gasteiger partial charge in [-0.05, 0) is 12.1 Å². The Bertz CT molecular complexity index is 408. The monoisotopic (exact) mass is 236 g/mol. The fourth-order valence-corrected chi connectivity index (χ4v) is 1.97. The van der Waals surface area contributed by atoms with Gasteiger partial charge >= 0.3 is 0 Å². The van der Waals surface area contributed by atoms with Crippen molar-refractivity contribution in [1.82, 2.24) is 5.01 Å². The predicted molar refractivity (Wildman–Crippen MR) is 63.8 cm³/mol. The quantitative estimate of drug-likeness (QED) is 0.833. The van der Waals surface area contributed by atoms with Crippen molar-refractivity contribution in [2.45, 2.75) is 6.42 Å². The van der Waals surface area contributed by atoms with Crippen LogP contribution in [0.15, 0.2) is 24.3 Å². The highest BCUT2D eigenvalue weighted by atomic mass is 16.5. The molecule has 17 heavy (non-hydrogen) atoms. The average molecular weight is 236 g/mol. The Labute approximate surface area is 100 Å². The van der Waals surface area contributed by atoms with E-state index < -0.39 is 0 Å². The number of hydrogen-bond acceptors (Lipinski definition) is 4. The van der Waals surface area contributed by atoms with Crippen LogP contribution in [0.5, 0.6) is 5.75 Å². The number of benzene rings is 1. The molecule has 92 valence electrons. The number of rotatable bonds is 4. The maximum atomic E-state index is 11.8. The van der Waals surface area contributed by atoms with Crippen LogP contribution in [0.2, 0.25) is 0 Å². The predicted octanol–water partition coefficient (Wildman–Crippen LogP) is 0.641. The fourth-order valence-electron chi connectivity index (χ4n) is 1.97. The van der Waals surface area contributed by atoms with Crippen molar-refractivity contribution in [2.24, 2.45) is 0 Å². The fraction of sp³-hybridized carbons (Fsp3) is 0.417. The van der Waals surface area contributed by atoms with Crippen LogP contribution in [0.3, 0.4) is 0 Å². The second-order valence-electron chi connectivity index (χ2n) is 3.83. The van der Waals surface area contributed by atoms with Crippen LogP contribution in [-0.4, -0.2) is 42.8 Å². The molecule has 0 bridgehead atoms. The van der Waals surface area contributed by atoms with Crippen LogP contribution in [0.4, 0.5) is 5.69 Å². The number of methoxy groups -OCH3 is 1. The number of carbonyl (C=O) groups excluding carboxylic acids is 1. The van der Waals surface area contributed by atoms with Crippen molar-refractivity contribution < 1.29 is 14.6 Å². The number of anilines is 1. The molecular formula is C12H16N2O3. The van der Waals surface area contributed by atoms with E-state index >= 15 is 0 Å². The van der Waals surface area contributed by atoms with Gasteiger partial charge in [-0.3, -0.25) is 4.79 Å². The maximum Gasteiger partial charge on any atom is 0.242 e. The van der Waals surface area contributed by atoms with Crippen molar-refractivity contribution >= 4 is 11.6 Å². The van der Waals surface area contributed by atoms with Crippen LogP contribution < -0.4 is 9.75 Å². The Hall–Kier alpha value is -1.59. The lowest BCUT2D eigenvalue weighted by atomic mass is 10.3. The highest BCUT2D eigenvalue weighted by Gasteiger charge is 2.29. The molecule has 0 aliphatic carbocycles. The topological polar surface area (TPSA) is 53.0 Å². The van der Waals surface area contributed by atoms with Crippen molar-refractivity contribution in [3.8, 4) is 5.75 Å². The number of hydrogen-bond donors (Lipinski definition) is 1. The summed E-state index contributed by atoms with van der Waals surface area (Å²) in [5.41, 5.74) is 0.778. The molecule has 1 fully saturated rings. The first kappa shape index (κ1) is 11.9. The second-order valence-corrected chi connectivity index (χ2v) is 3.83. The molecule has 1 heterocycles. The van der Waals surface area contributed by atoms with Gasteiger partial charge in [-0.2, -0.15) is 0 Å². The van der Waals surface area contributed by atoms with Crippen molar-refractivity contribution in [1.29, 1.82) is 0 Å². The third-order valence-corrected chi connectivity index (χ3v) is 2.76. The molecule has 1 aliphatic rings. The maximum absolute atomic E-state index is 11.8. The molecule has 0 aromatic heterocycles. The molecule has 0 atom stereocenters. The largest absolute Gasteiger partial charge is 0.497 e. The van der Waals surface area contributed by atoms with Gasteiger partial charge in [0.05, 0.1) is 19.4 Å². The van der Waals surface area contributed by atoms with Crippen molar-refractivity contribution in [2.75, 3.05) is 31.8 Å². The first-order valence-electron chi connectivity index (χ1n) is 5.59. The van der Waals surface area contributed by atoms with Gasteiger partial charge in [0, 0.05) is 25.6 Å². The summed E-state index contributed by atoms with van der Waals surface area (Å²) in [6, 6.07) is 7.35. The minimum atomic E-state index is 0.0355. The highest BCUT2D eigenvalue weighted by Crippen LogP contribution is 2.26. The summed E-state index contributed by atoms with van der Waals surface area (Å²) in [5.74, 6) is 0.762. The molecule has 0 unspecified atom stereocenters. The number of amides is 1. The van der Waals surface area contributed by atoms with Gasteiger partial charge in [0.15, 0.2) is 0 Å². The Morgan fingerprint density at radius 2 is 2.29 bits per heavy atom. The van der Waals surface area contributed by atoms with Crippen LogP contribution in [-0.2, 0) is 4.79 Å². The summed E-state index contributed by atoms with van der Waals surface area (Å²) >= 11 is 0. The van der Waals surface area contributed by atoms with Gasteiger partial charge < -0.3 is 9.84 Å². The van der Waals surface area contributed by atoms with Crippen LogP contribution in [0.25, 0.3) is 0 Å². The molecule has 1 aliphatic heterocycles. The van der Waals surface area contributed by atoms with E-state index in [4.69, 9.17) is 9.84 Å². The lowest BCUT2D eigenvalue weighted by Crippen LogP contribution is -2.40. The Morgan fingerprint density at radius 1 is 1.47 bits per heavy atom. The number of hydrazine groups is 1. The summed E-state index contributed by atoms with van der Waals surface area (Å²) in [5, 5.41) is 12.4. The van der Waals surface area contributed by atoms with E-state index in [0.29, 0.717) is 25.3 Å². The first-order chi connectivity index (χ1) is 8.26. The highest BCUT2D eigenvalue weighted by molar-refractivity contribution is 5.94. The molecule has 0 spiro atoms.